The molecular weight excluding hydrogens is 796 g/mol. The van der Waals surface area contributed by atoms with E-state index in [-0.39, 0.29) is 6.04 Å². The normalized spacial score (nSPS) is 13.8. The van der Waals surface area contributed by atoms with Crippen LogP contribution >= 0.6 is 23.2 Å². The van der Waals surface area contributed by atoms with Crippen LogP contribution in [-0.4, -0.2) is 11.4 Å². The lowest BCUT2D eigenvalue weighted by Gasteiger charge is -2.38. The largest absolute Gasteiger partial charge is 0.360 e. The highest BCUT2D eigenvalue weighted by atomic mass is 35.5. The summed E-state index contributed by atoms with van der Waals surface area (Å²) in [6.45, 7) is 10.6. The first-order valence-corrected chi connectivity index (χ1v) is 23.0. The van der Waals surface area contributed by atoms with Crippen molar-refractivity contribution >= 4 is 34.5 Å². The summed E-state index contributed by atoms with van der Waals surface area (Å²) < 4.78 is 2.55. The SMILES string of the molecule is Cc1ccc(C2=CC(c3cccc(Cl)c3)=CC(c3ccc(C)cc3)N2CCCCCCCC[n+]2c(-c3ccc(C)cc3)cc(-c3cccc(Cl)c3)cc2-c2ccc(C)cc2)cc1. The highest BCUT2D eigenvalue weighted by Gasteiger charge is 2.27. The molecule has 62 heavy (non-hydrogen) atoms. The Bertz CT molecular complexity index is 2610. The predicted molar refractivity (Wildman–Crippen MR) is 264 cm³/mol. The molecule has 6 aromatic carbocycles. The molecule has 1 unspecified atom stereocenters. The number of rotatable bonds is 15. The van der Waals surface area contributed by atoms with E-state index in [2.05, 4.69) is 183 Å². The van der Waals surface area contributed by atoms with E-state index >= 15 is 0 Å². The van der Waals surface area contributed by atoms with E-state index < -0.39 is 0 Å². The molecule has 1 aliphatic heterocycles. The van der Waals surface area contributed by atoms with E-state index in [1.165, 1.54) is 98.4 Å². The van der Waals surface area contributed by atoms with Gasteiger partial charge in [0.2, 0.25) is 11.4 Å². The number of hydrogen-bond acceptors (Lipinski definition) is 1. The Hall–Kier alpha value is -5.67. The Balaban J connectivity index is 0.990. The molecule has 8 rings (SSSR count). The second-order valence-electron chi connectivity index (χ2n) is 17.1. The lowest BCUT2D eigenvalue weighted by Crippen LogP contribution is -2.39. The maximum absolute atomic E-state index is 6.54. The molecule has 1 aliphatic rings. The van der Waals surface area contributed by atoms with E-state index in [1.807, 2.05) is 24.3 Å². The number of halogens is 2. The highest BCUT2D eigenvalue weighted by Crippen LogP contribution is 2.40. The lowest BCUT2D eigenvalue weighted by atomic mass is 9.90. The number of allylic oxidation sites excluding steroid dienone is 2. The van der Waals surface area contributed by atoms with Crippen molar-refractivity contribution in [2.45, 2.75) is 78.8 Å². The first-order chi connectivity index (χ1) is 30.2. The van der Waals surface area contributed by atoms with Crippen LogP contribution in [0.3, 0.4) is 0 Å². The lowest BCUT2D eigenvalue weighted by molar-refractivity contribution is -0.675. The molecule has 0 spiro atoms. The molecule has 7 aromatic rings. The Kier molecular flexibility index (Phi) is 13.9. The van der Waals surface area contributed by atoms with Gasteiger partial charge in [-0.05, 0) is 135 Å². The molecular formula is C58H57Cl2N2+. The molecule has 0 N–H and O–H groups in total. The van der Waals surface area contributed by atoms with Crippen LogP contribution in [0.4, 0.5) is 0 Å². The molecule has 1 atom stereocenters. The zero-order chi connectivity index (χ0) is 43.0. The monoisotopic (exact) mass is 851 g/mol. The quantitative estimate of drug-likeness (QED) is 0.0736. The summed E-state index contributed by atoms with van der Waals surface area (Å²) in [6.07, 6.45) is 11.8. The van der Waals surface area contributed by atoms with Crippen LogP contribution < -0.4 is 4.57 Å². The van der Waals surface area contributed by atoms with Gasteiger partial charge in [0, 0.05) is 52.0 Å². The molecule has 312 valence electrons. The Morgan fingerprint density at radius 1 is 0.452 bits per heavy atom. The summed E-state index contributed by atoms with van der Waals surface area (Å²) in [7, 11) is 0. The average molecular weight is 853 g/mol. The predicted octanol–water partition coefficient (Wildman–Crippen LogP) is 16.0. The minimum atomic E-state index is 0.110. The van der Waals surface area contributed by atoms with Gasteiger partial charge in [-0.25, -0.2) is 0 Å². The van der Waals surface area contributed by atoms with Crippen molar-refractivity contribution in [3.05, 3.63) is 219 Å². The van der Waals surface area contributed by atoms with Gasteiger partial charge in [-0.15, -0.1) is 0 Å². The van der Waals surface area contributed by atoms with Gasteiger partial charge in [0.1, 0.15) is 6.54 Å². The van der Waals surface area contributed by atoms with Crippen molar-refractivity contribution in [1.82, 2.24) is 4.90 Å². The van der Waals surface area contributed by atoms with E-state index in [4.69, 9.17) is 23.2 Å². The first kappa shape index (κ1) is 43.0. The number of pyridine rings is 1. The molecule has 0 saturated heterocycles. The van der Waals surface area contributed by atoms with Crippen LogP contribution in [0, 0.1) is 27.7 Å². The third-order valence-electron chi connectivity index (χ3n) is 12.2. The molecule has 2 heterocycles. The second kappa shape index (κ2) is 20.0. The molecule has 0 bridgehead atoms. The minimum absolute atomic E-state index is 0.110. The van der Waals surface area contributed by atoms with Crippen molar-refractivity contribution in [3.63, 3.8) is 0 Å². The summed E-state index contributed by atoms with van der Waals surface area (Å²) in [5.74, 6) is 0. The Morgan fingerprint density at radius 3 is 1.47 bits per heavy atom. The molecule has 0 aliphatic carbocycles. The van der Waals surface area contributed by atoms with Gasteiger partial charge >= 0.3 is 0 Å². The third kappa shape index (κ3) is 10.5. The summed E-state index contributed by atoms with van der Waals surface area (Å²) >= 11 is 13.1. The van der Waals surface area contributed by atoms with Gasteiger partial charge in [0.25, 0.3) is 0 Å². The summed E-state index contributed by atoms with van der Waals surface area (Å²) in [6, 6.07) is 57.3. The third-order valence-corrected chi connectivity index (χ3v) is 12.7. The fraction of sp³-hybridized carbons (Fsp3) is 0.224. The maximum Gasteiger partial charge on any atom is 0.213 e. The maximum atomic E-state index is 6.54. The molecule has 0 fully saturated rings. The van der Waals surface area contributed by atoms with E-state index in [9.17, 15) is 0 Å². The fourth-order valence-corrected chi connectivity index (χ4v) is 9.07. The van der Waals surface area contributed by atoms with Crippen molar-refractivity contribution in [2.75, 3.05) is 6.54 Å². The van der Waals surface area contributed by atoms with Crippen LogP contribution in [-0.2, 0) is 6.54 Å². The van der Waals surface area contributed by atoms with E-state index in [0.717, 1.165) is 47.1 Å². The smallest absolute Gasteiger partial charge is 0.213 e. The number of nitrogens with zero attached hydrogens (tertiary/aromatic N) is 2. The van der Waals surface area contributed by atoms with Crippen molar-refractivity contribution in [1.29, 1.82) is 0 Å². The van der Waals surface area contributed by atoms with Crippen molar-refractivity contribution in [2.24, 2.45) is 0 Å². The average Bonchev–Trinajstić information content (AvgIpc) is 3.28. The summed E-state index contributed by atoms with van der Waals surface area (Å²) in [5.41, 5.74) is 18.4. The van der Waals surface area contributed by atoms with Crippen molar-refractivity contribution < 1.29 is 4.57 Å². The van der Waals surface area contributed by atoms with Crippen LogP contribution in [0.2, 0.25) is 10.0 Å². The van der Waals surface area contributed by atoms with Crippen LogP contribution in [0.25, 0.3) is 44.9 Å². The molecule has 2 nitrogen and oxygen atoms in total. The standard InChI is InChI=1S/C58H57Cl2N2/c1-41-17-25-45(26-18-41)55-37-51(49-13-11-15-53(59)35-49)38-56(46-27-19-42(2)20-28-46)61(55)33-9-7-5-6-8-10-34-62-57(47-29-21-43(3)22-30-47)39-52(50-14-12-16-54(60)36-50)40-58(62)48-31-23-44(4)24-32-48/h11-32,35-40,55H,5-10,33-34H2,1-4H3/q+1. The zero-order valence-corrected chi connectivity index (χ0v) is 38.1. The highest BCUT2D eigenvalue weighted by molar-refractivity contribution is 6.31. The van der Waals surface area contributed by atoms with Crippen LogP contribution in [0.15, 0.2) is 170 Å². The molecule has 4 heteroatoms. The Morgan fingerprint density at radius 2 is 0.919 bits per heavy atom. The van der Waals surface area contributed by atoms with Crippen molar-refractivity contribution in [3.8, 4) is 33.6 Å². The molecule has 0 radical (unpaired) electrons. The molecule has 1 aromatic heterocycles. The van der Waals surface area contributed by atoms with Crippen LogP contribution in [0.1, 0.15) is 83.5 Å². The van der Waals surface area contributed by atoms with Gasteiger partial charge in [-0.1, -0.05) is 162 Å². The van der Waals surface area contributed by atoms with E-state index in [1.54, 1.807) is 0 Å². The topological polar surface area (TPSA) is 7.12 Å². The van der Waals surface area contributed by atoms with E-state index in [0.29, 0.717) is 0 Å². The zero-order valence-electron chi connectivity index (χ0n) is 36.6. The van der Waals surface area contributed by atoms with Gasteiger partial charge in [0.05, 0.1) is 6.04 Å². The number of aryl methyl sites for hydroxylation is 4. The summed E-state index contributed by atoms with van der Waals surface area (Å²) in [4.78, 5) is 2.63. The number of benzene rings is 6. The van der Waals surface area contributed by atoms with Gasteiger partial charge in [-0.3, -0.25) is 0 Å². The second-order valence-corrected chi connectivity index (χ2v) is 18.0. The van der Waals surface area contributed by atoms with Crippen LogP contribution in [0.5, 0.6) is 0 Å². The summed E-state index contributed by atoms with van der Waals surface area (Å²) in [5, 5.41) is 1.50. The number of hydrogen-bond donors (Lipinski definition) is 0. The fourth-order valence-electron chi connectivity index (χ4n) is 8.69. The Labute approximate surface area is 379 Å². The molecule has 0 amide bonds. The van der Waals surface area contributed by atoms with Gasteiger partial charge in [0.15, 0.2) is 0 Å². The number of unbranched alkanes of at least 4 members (excludes halogenated alkanes) is 5. The number of aromatic nitrogens is 1. The molecule has 0 saturated carbocycles. The van der Waals surface area contributed by atoms with Gasteiger partial charge < -0.3 is 4.90 Å². The van der Waals surface area contributed by atoms with Gasteiger partial charge in [-0.2, -0.15) is 4.57 Å². The first-order valence-electron chi connectivity index (χ1n) is 22.3. The minimum Gasteiger partial charge on any atom is -0.360 e.